The highest BCUT2D eigenvalue weighted by Crippen LogP contribution is 2.14. The van der Waals surface area contributed by atoms with Crippen molar-refractivity contribution in [1.82, 2.24) is 5.32 Å². The largest absolute Gasteiger partial charge is 0.444 e. The highest BCUT2D eigenvalue weighted by molar-refractivity contribution is 6.12. The number of hydrogen-bond donors (Lipinski definition) is 2. The van der Waals surface area contributed by atoms with Crippen molar-refractivity contribution in [3.05, 3.63) is 35.4 Å². The zero-order chi connectivity index (χ0) is 17.6. The summed E-state index contributed by atoms with van der Waals surface area (Å²) in [5.41, 5.74) is -0.133. The molecule has 1 radical (unpaired) electrons. The Morgan fingerprint density at radius 3 is 2.35 bits per heavy atom. The van der Waals surface area contributed by atoms with Gasteiger partial charge in [-0.05, 0) is 20.8 Å². The number of carbonyl (C=O) groups is 2. The second-order valence-corrected chi connectivity index (χ2v) is 6.19. The van der Waals surface area contributed by atoms with Gasteiger partial charge in [0.1, 0.15) is 11.4 Å². The van der Waals surface area contributed by atoms with Gasteiger partial charge < -0.3 is 4.74 Å². The molecule has 0 aliphatic carbocycles. The molecule has 1 aromatic rings. The highest BCUT2D eigenvalue weighted by atomic mass is 16.6. The third-order valence-electron chi connectivity index (χ3n) is 2.82. The molecular formula is C17H21N2O4. The Kier molecular flexibility index (Phi) is 6.18. The van der Waals surface area contributed by atoms with E-state index < -0.39 is 17.6 Å². The summed E-state index contributed by atoms with van der Waals surface area (Å²) < 4.78 is 5.09. The number of ether oxygens (including phenoxy) is 1. The van der Waals surface area contributed by atoms with Gasteiger partial charge in [0.2, 0.25) is 6.29 Å². The molecule has 6 nitrogen and oxygen atoms in total. The fourth-order valence-electron chi connectivity index (χ4n) is 1.85. The van der Waals surface area contributed by atoms with Gasteiger partial charge in [-0.2, -0.15) is 0 Å². The van der Waals surface area contributed by atoms with E-state index in [0.29, 0.717) is 0 Å². The van der Waals surface area contributed by atoms with Gasteiger partial charge in [-0.1, -0.05) is 31.2 Å². The maximum absolute atomic E-state index is 12.2. The number of amides is 1. The van der Waals surface area contributed by atoms with E-state index in [1.165, 1.54) is 0 Å². The predicted molar refractivity (Wildman–Crippen MR) is 86.4 cm³/mol. The monoisotopic (exact) mass is 317 g/mol. The van der Waals surface area contributed by atoms with Crippen molar-refractivity contribution < 1.29 is 19.1 Å². The van der Waals surface area contributed by atoms with Crippen molar-refractivity contribution in [1.29, 1.82) is 5.41 Å². The van der Waals surface area contributed by atoms with Gasteiger partial charge in [0.15, 0.2) is 5.78 Å². The maximum atomic E-state index is 12.2. The summed E-state index contributed by atoms with van der Waals surface area (Å²) in [6.45, 7) is 6.73. The summed E-state index contributed by atoms with van der Waals surface area (Å²) in [4.78, 5) is 34.5. The molecule has 0 spiro atoms. The fourth-order valence-corrected chi connectivity index (χ4v) is 1.85. The standard InChI is InChI=1S/C17H21N2O4/c1-11(10-20)9-14(21)12-7-5-6-8-13(12)15(18)19-16(22)23-17(2,3)4/h5-8,11H,9H2,1-4H3,(H2,18,19,22). The number of ketones is 1. The topological polar surface area (TPSA) is 96.3 Å². The van der Waals surface area contributed by atoms with Crippen molar-refractivity contribution in [3.63, 3.8) is 0 Å². The average Bonchev–Trinajstić information content (AvgIpc) is 2.44. The van der Waals surface area contributed by atoms with Crippen molar-refractivity contribution in [2.75, 3.05) is 0 Å². The molecule has 23 heavy (non-hydrogen) atoms. The van der Waals surface area contributed by atoms with Crippen LogP contribution in [0.4, 0.5) is 4.79 Å². The molecule has 1 amide bonds. The zero-order valence-electron chi connectivity index (χ0n) is 13.7. The molecule has 1 unspecified atom stereocenters. The summed E-state index contributed by atoms with van der Waals surface area (Å²) in [7, 11) is 0. The lowest BCUT2D eigenvalue weighted by Gasteiger charge is -2.20. The van der Waals surface area contributed by atoms with E-state index in [1.54, 1.807) is 58.2 Å². The van der Waals surface area contributed by atoms with Crippen LogP contribution >= 0.6 is 0 Å². The Morgan fingerprint density at radius 1 is 1.26 bits per heavy atom. The van der Waals surface area contributed by atoms with E-state index in [9.17, 15) is 14.4 Å². The van der Waals surface area contributed by atoms with Gasteiger partial charge in [-0.3, -0.25) is 20.3 Å². The number of amidine groups is 1. The van der Waals surface area contributed by atoms with Crippen molar-refractivity contribution >= 4 is 24.0 Å². The van der Waals surface area contributed by atoms with Crippen LogP contribution in [0.1, 0.15) is 50.0 Å². The molecule has 0 heterocycles. The normalized spacial score (nSPS) is 12.2. The van der Waals surface area contributed by atoms with Crippen molar-refractivity contribution in [3.8, 4) is 0 Å². The molecule has 1 aromatic carbocycles. The predicted octanol–water partition coefficient (Wildman–Crippen LogP) is 2.86. The second-order valence-electron chi connectivity index (χ2n) is 6.19. The van der Waals surface area contributed by atoms with Crippen LogP contribution in [0.3, 0.4) is 0 Å². The summed E-state index contributed by atoms with van der Waals surface area (Å²) in [6.07, 6.45) is 0.994. The van der Waals surface area contributed by atoms with Crippen LogP contribution in [0.15, 0.2) is 24.3 Å². The maximum Gasteiger partial charge on any atom is 0.413 e. The van der Waals surface area contributed by atoms with E-state index in [4.69, 9.17) is 10.1 Å². The Bertz CT molecular complexity index is 617. The molecule has 1 rings (SSSR count). The van der Waals surface area contributed by atoms with E-state index >= 15 is 0 Å². The Morgan fingerprint density at radius 2 is 1.83 bits per heavy atom. The van der Waals surface area contributed by atoms with Crippen LogP contribution < -0.4 is 5.32 Å². The van der Waals surface area contributed by atoms with E-state index in [-0.39, 0.29) is 29.2 Å². The molecule has 6 heteroatoms. The molecule has 0 saturated carbocycles. The van der Waals surface area contributed by atoms with Gasteiger partial charge in [0, 0.05) is 23.5 Å². The molecule has 1 atom stereocenters. The molecule has 2 N–H and O–H groups in total. The minimum Gasteiger partial charge on any atom is -0.444 e. The molecule has 0 aromatic heterocycles. The Hall–Kier alpha value is -2.50. The van der Waals surface area contributed by atoms with Gasteiger partial charge in [0.25, 0.3) is 0 Å². The van der Waals surface area contributed by atoms with Gasteiger partial charge in [-0.15, -0.1) is 0 Å². The van der Waals surface area contributed by atoms with Gasteiger partial charge >= 0.3 is 6.09 Å². The quantitative estimate of drug-likeness (QED) is 0.496. The third kappa shape index (κ3) is 6.02. The van der Waals surface area contributed by atoms with Crippen LogP contribution in [0, 0.1) is 11.3 Å². The number of alkyl carbamates (subject to hydrolysis) is 1. The summed E-state index contributed by atoms with van der Waals surface area (Å²) in [6, 6.07) is 6.43. The molecule has 123 valence electrons. The van der Waals surface area contributed by atoms with Crippen molar-refractivity contribution in [2.24, 2.45) is 5.92 Å². The first-order valence-electron chi connectivity index (χ1n) is 7.23. The fraction of sp³-hybridized carbons (Fsp3) is 0.412. The average molecular weight is 317 g/mol. The number of carbonyl (C=O) groups excluding carboxylic acids is 3. The number of nitrogens with one attached hydrogen (secondary N) is 2. The smallest absolute Gasteiger partial charge is 0.413 e. The van der Waals surface area contributed by atoms with E-state index in [2.05, 4.69) is 5.32 Å². The molecule has 0 aliphatic rings. The van der Waals surface area contributed by atoms with E-state index in [1.807, 2.05) is 0 Å². The van der Waals surface area contributed by atoms with Gasteiger partial charge in [-0.25, -0.2) is 4.79 Å². The minimum absolute atomic E-state index is 0.000229. The molecular weight excluding hydrogens is 296 g/mol. The zero-order valence-corrected chi connectivity index (χ0v) is 13.7. The molecule has 0 aliphatic heterocycles. The lowest BCUT2D eigenvalue weighted by molar-refractivity contribution is 0.0562. The number of rotatable bonds is 5. The van der Waals surface area contributed by atoms with E-state index in [0.717, 1.165) is 0 Å². The molecule has 0 saturated heterocycles. The second kappa shape index (κ2) is 7.67. The van der Waals surface area contributed by atoms with Crippen LogP contribution in [0.5, 0.6) is 0 Å². The minimum atomic E-state index is -0.764. The lowest BCUT2D eigenvalue weighted by Crippen LogP contribution is -2.37. The lowest BCUT2D eigenvalue weighted by atomic mass is 9.96. The first kappa shape index (κ1) is 18.5. The summed E-state index contributed by atoms with van der Waals surface area (Å²) >= 11 is 0. The first-order chi connectivity index (χ1) is 10.6. The number of hydrogen-bond acceptors (Lipinski definition) is 5. The van der Waals surface area contributed by atoms with Gasteiger partial charge in [0.05, 0.1) is 0 Å². The number of benzene rings is 1. The first-order valence-corrected chi connectivity index (χ1v) is 7.23. The Balaban J connectivity index is 2.92. The molecule has 0 fully saturated rings. The number of Topliss-reactive ketones (excluding diaryl/α,β-unsaturated/α-hetero) is 1. The third-order valence-corrected chi connectivity index (χ3v) is 2.82. The highest BCUT2D eigenvalue weighted by Gasteiger charge is 2.20. The SMILES string of the molecule is CC([C]=O)CC(=O)c1ccccc1C(=N)NC(=O)OC(C)(C)C. The summed E-state index contributed by atoms with van der Waals surface area (Å²) in [5, 5.41) is 10.3. The van der Waals surface area contributed by atoms with Crippen LogP contribution in [-0.2, 0) is 9.53 Å². The van der Waals surface area contributed by atoms with Crippen LogP contribution in [0.25, 0.3) is 0 Å². The Labute approximate surface area is 135 Å². The van der Waals surface area contributed by atoms with Crippen LogP contribution in [0.2, 0.25) is 0 Å². The van der Waals surface area contributed by atoms with Crippen LogP contribution in [-0.4, -0.2) is 29.6 Å². The van der Waals surface area contributed by atoms with Crippen molar-refractivity contribution in [2.45, 2.75) is 39.7 Å². The molecule has 0 bridgehead atoms. The summed E-state index contributed by atoms with van der Waals surface area (Å²) in [5.74, 6) is -1.04.